The van der Waals surface area contributed by atoms with Gasteiger partial charge in [0.1, 0.15) is 0 Å². The van der Waals surface area contributed by atoms with Gasteiger partial charge in [-0.2, -0.15) is 0 Å². The van der Waals surface area contributed by atoms with Crippen molar-refractivity contribution in [1.29, 1.82) is 0 Å². The van der Waals surface area contributed by atoms with Gasteiger partial charge in [-0.25, -0.2) is 0 Å². The van der Waals surface area contributed by atoms with Crippen LogP contribution in [-0.4, -0.2) is 49.4 Å². The molecule has 0 spiro atoms. The molecule has 2 heterocycles. The maximum atomic E-state index is 4.79. The molecular weight excluding hydrogens is 282 g/mol. The van der Waals surface area contributed by atoms with Crippen LogP contribution in [-0.2, 0) is 0 Å². The molecular formula is C20H31N3. The molecule has 1 atom stereocenters. The minimum Gasteiger partial charge on any atom is -0.369 e. The van der Waals surface area contributed by atoms with Gasteiger partial charge in [0, 0.05) is 50.2 Å². The van der Waals surface area contributed by atoms with Gasteiger partial charge in [-0.15, -0.1) is 0 Å². The van der Waals surface area contributed by atoms with Crippen molar-refractivity contribution in [3.63, 3.8) is 0 Å². The van der Waals surface area contributed by atoms with Gasteiger partial charge in [0.15, 0.2) is 0 Å². The highest BCUT2D eigenvalue weighted by Gasteiger charge is 2.20. The summed E-state index contributed by atoms with van der Waals surface area (Å²) in [6.07, 6.45) is 2.41. The zero-order valence-electron chi connectivity index (χ0n) is 15.2. The summed E-state index contributed by atoms with van der Waals surface area (Å²) < 4.78 is 0. The monoisotopic (exact) mass is 313 g/mol. The predicted octanol–water partition coefficient (Wildman–Crippen LogP) is 3.74. The van der Waals surface area contributed by atoms with Crippen molar-refractivity contribution in [2.24, 2.45) is 10.9 Å². The molecule has 3 nitrogen and oxygen atoms in total. The summed E-state index contributed by atoms with van der Waals surface area (Å²) in [6, 6.07) is 7.61. The predicted molar refractivity (Wildman–Crippen MR) is 99.9 cm³/mol. The number of nitrogens with zero attached hydrogens (tertiary/aromatic N) is 3. The van der Waals surface area contributed by atoms with E-state index in [0.29, 0.717) is 6.04 Å². The smallest absolute Gasteiger partial charge is 0.0420 e. The van der Waals surface area contributed by atoms with Gasteiger partial charge in [-0.1, -0.05) is 13.0 Å². The summed E-state index contributed by atoms with van der Waals surface area (Å²) in [7, 11) is 0. The average Bonchev–Trinajstić information content (AvgIpc) is 2.55. The molecule has 0 aliphatic carbocycles. The van der Waals surface area contributed by atoms with Crippen LogP contribution in [0, 0.1) is 12.8 Å². The number of rotatable bonds is 3. The lowest BCUT2D eigenvalue weighted by atomic mass is 9.94. The second kappa shape index (κ2) is 7.04. The molecule has 1 unspecified atom stereocenters. The summed E-state index contributed by atoms with van der Waals surface area (Å²) in [5, 5.41) is 0. The Bertz CT molecular complexity index is 568. The molecule has 0 aromatic heterocycles. The normalized spacial score (nSPS) is 23.3. The van der Waals surface area contributed by atoms with Crippen LogP contribution in [0.3, 0.4) is 0 Å². The minimum absolute atomic E-state index is 0.660. The van der Waals surface area contributed by atoms with E-state index in [1.807, 2.05) is 0 Å². The first kappa shape index (κ1) is 16.5. The number of anilines is 1. The van der Waals surface area contributed by atoms with Crippen LogP contribution in [0.15, 0.2) is 23.2 Å². The van der Waals surface area contributed by atoms with Crippen molar-refractivity contribution in [1.82, 2.24) is 4.90 Å². The van der Waals surface area contributed by atoms with Gasteiger partial charge in [0.25, 0.3) is 0 Å². The molecule has 0 amide bonds. The Balaban J connectivity index is 1.71. The zero-order valence-corrected chi connectivity index (χ0v) is 15.2. The lowest BCUT2D eigenvalue weighted by molar-refractivity contribution is 0.209. The van der Waals surface area contributed by atoms with Gasteiger partial charge in [0.2, 0.25) is 0 Å². The third kappa shape index (κ3) is 3.77. The fraction of sp³-hybridized carbons (Fsp3) is 0.650. The third-order valence-corrected chi connectivity index (χ3v) is 5.38. The Labute approximate surface area is 141 Å². The van der Waals surface area contributed by atoms with E-state index in [-0.39, 0.29) is 0 Å². The summed E-state index contributed by atoms with van der Waals surface area (Å²) >= 11 is 0. The quantitative estimate of drug-likeness (QED) is 0.846. The number of piperazine rings is 1. The Morgan fingerprint density at radius 3 is 2.43 bits per heavy atom. The molecule has 1 saturated heterocycles. The first-order valence-electron chi connectivity index (χ1n) is 9.18. The maximum absolute atomic E-state index is 4.79. The van der Waals surface area contributed by atoms with Crippen molar-refractivity contribution in [2.45, 2.75) is 46.6 Å². The largest absolute Gasteiger partial charge is 0.369 e. The van der Waals surface area contributed by atoms with Crippen LogP contribution in [0.25, 0.3) is 0 Å². The Hall–Kier alpha value is -1.35. The second-order valence-corrected chi connectivity index (χ2v) is 7.55. The number of aryl methyl sites for hydroxylation is 1. The van der Waals surface area contributed by atoms with Crippen molar-refractivity contribution in [3.05, 3.63) is 29.3 Å². The van der Waals surface area contributed by atoms with Gasteiger partial charge < -0.3 is 4.90 Å². The number of benzene rings is 1. The van der Waals surface area contributed by atoms with E-state index < -0.39 is 0 Å². The van der Waals surface area contributed by atoms with Crippen molar-refractivity contribution < 1.29 is 0 Å². The van der Waals surface area contributed by atoms with Gasteiger partial charge in [-0.05, 0) is 62.8 Å². The van der Waals surface area contributed by atoms with Crippen LogP contribution >= 0.6 is 0 Å². The second-order valence-electron chi connectivity index (χ2n) is 7.55. The molecule has 126 valence electrons. The molecule has 0 bridgehead atoms. The van der Waals surface area contributed by atoms with Crippen molar-refractivity contribution >= 4 is 11.4 Å². The fourth-order valence-corrected chi connectivity index (χ4v) is 3.72. The zero-order chi connectivity index (χ0) is 16.4. The van der Waals surface area contributed by atoms with Crippen LogP contribution in [0.5, 0.6) is 0 Å². The van der Waals surface area contributed by atoms with E-state index in [9.17, 15) is 0 Å². The van der Waals surface area contributed by atoms with Crippen LogP contribution in [0.2, 0.25) is 0 Å². The minimum atomic E-state index is 0.660. The molecule has 3 heteroatoms. The highest BCUT2D eigenvalue weighted by atomic mass is 15.3. The van der Waals surface area contributed by atoms with E-state index in [1.165, 1.54) is 42.0 Å². The van der Waals surface area contributed by atoms with Gasteiger partial charge in [0.05, 0.1) is 0 Å². The van der Waals surface area contributed by atoms with Crippen molar-refractivity contribution in [2.75, 3.05) is 37.6 Å². The van der Waals surface area contributed by atoms with E-state index in [2.05, 4.69) is 55.7 Å². The molecule has 1 aromatic rings. The van der Waals surface area contributed by atoms with Crippen LogP contribution in [0.4, 0.5) is 5.69 Å². The van der Waals surface area contributed by atoms with Crippen molar-refractivity contribution in [3.8, 4) is 0 Å². The average molecular weight is 313 g/mol. The molecule has 1 fully saturated rings. The molecule has 23 heavy (non-hydrogen) atoms. The molecule has 2 aliphatic heterocycles. The lowest BCUT2D eigenvalue weighted by Gasteiger charge is -2.38. The lowest BCUT2D eigenvalue weighted by Crippen LogP contribution is -2.49. The van der Waals surface area contributed by atoms with Gasteiger partial charge >= 0.3 is 0 Å². The first-order chi connectivity index (χ1) is 11.0. The highest BCUT2D eigenvalue weighted by Crippen LogP contribution is 2.25. The third-order valence-electron chi connectivity index (χ3n) is 5.38. The summed E-state index contributed by atoms with van der Waals surface area (Å²) in [5.74, 6) is 0.747. The fourth-order valence-electron chi connectivity index (χ4n) is 3.72. The highest BCUT2D eigenvalue weighted by molar-refractivity contribution is 6.01. The molecule has 0 saturated carbocycles. The number of aliphatic imine (C=N–C) groups is 1. The molecule has 0 N–H and O–H groups in total. The van der Waals surface area contributed by atoms with E-state index in [4.69, 9.17) is 4.99 Å². The van der Waals surface area contributed by atoms with E-state index in [1.54, 1.807) is 0 Å². The molecule has 0 radical (unpaired) electrons. The van der Waals surface area contributed by atoms with Gasteiger partial charge in [-0.3, -0.25) is 9.89 Å². The maximum Gasteiger partial charge on any atom is 0.0420 e. The Morgan fingerprint density at radius 1 is 1.13 bits per heavy atom. The summed E-state index contributed by atoms with van der Waals surface area (Å²) in [5.41, 5.74) is 5.44. The summed E-state index contributed by atoms with van der Waals surface area (Å²) in [4.78, 5) is 9.90. The Kier molecular flexibility index (Phi) is 5.05. The standard InChI is InChI=1S/C20H31N3/c1-15(2)22-9-11-23(12-10-22)20-8-6-18(13-17(20)4)19-7-5-16(3)14-21-19/h6,8,13,15-16H,5,7,9-12,14H2,1-4H3. The molecule has 2 aliphatic rings. The molecule has 1 aromatic carbocycles. The number of hydrogen-bond donors (Lipinski definition) is 0. The molecule has 3 rings (SSSR count). The topological polar surface area (TPSA) is 18.8 Å². The van der Waals surface area contributed by atoms with E-state index in [0.717, 1.165) is 32.0 Å². The Morgan fingerprint density at radius 2 is 1.87 bits per heavy atom. The van der Waals surface area contributed by atoms with Crippen LogP contribution < -0.4 is 4.90 Å². The first-order valence-corrected chi connectivity index (χ1v) is 9.18. The van der Waals surface area contributed by atoms with E-state index >= 15 is 0 Å². The SMILES string of the molecule is Cc1cc(C2=NCC(C)CC2)ccc1N1CCN(C(C)C)CC1. The van der Waals surface area contributed by atoms with Crippen LogP contribution in [0.1, 0.15) is 44.7 Å². The number of hydrogen-bond acceptors (Lipinski definition) is 3. The summed E-state index contributed by atoms with van der Waals surface area (Å²) in [6.45, 7) is 14.7.